The summed E-state index contributed by atoms with van der Waals surface area (Å²) in [6, 6.07) is 60.7. The number of rotatable bonds is 12. The summed E-state index contributed by atoms with van der Waals surface area (Å²) in [4.78, 5) is 4.60. The van der Waals surface area contributed by atoms with Crippen LogP contribution in [-0.4, -0.2) is 28.4 Å². The lowest BCUT2D eigenvalue weighted by atomic mass is 9.84. The summed E-state index contributed by atoms with van der Waals surface area (Å²) in [5, 5.41) is 4.65. The van der Waals surface area contributed by atoms with Gasteiger partial charge in [0, 0.05) is 34.1 Å². The molecule has 0 heterocycles. The number of ether oxygens (including phenoxy) is 4. The number of anilines is 6. The van der Waals surface area contributed by atoms with Crippen molar-refractivity contribution in [3.05, 3.63) is 192 Å². The van der Waals surface area contributed by atoms with E-state index in [2.05, 4.69) is 159 Å². The summed E-state index contributed by atoms with van der Waals surface area (Å²) in [7, 11) is 6.80. The smallest absolute Gasteiger partial charge is 0.119 e. The molecule has 318 valence electrons. The molecular weight excluding hydrogens is 789 g/mol. The van der Waals surface area contributed by atoms with E-state index >= 15 is 0 Å². The maximum absolute atomic E-state index is 5.59. The third kappa shape index (κ3) is 8.07. The van der Waals surface area contributed by atoms with Gasteiger partial charge in [-0.2, -0.15) is 0 Å². The maximum Gasteiger partial charge on any atom is 0.119 e. The first-order valence-electron chi connectivity index (χ1n) is 21.5. The van der Waals surface area contributed by atoms with Crippen LogP contribution in [0.4, 0.5) is 34.1 Å². The second kappa shape index (κ2) is 17.6. The molecule has 0 N–H and O–H groups in total. The third-order valence-electron chi connectivity index (χ3n) is 11.9. The zero-order valence-electron chi connectivity index (χ0n) is 37.7. The van der Waals surface area contributed by atoms with Crippen LogP contribution in [0.15, 0.2) is 170 Å². The molecule has 0 saturated heterocycles. The molecule has 0 saturated carbocycles. The van der Waals surface area contributed by atoms with E-state index in [1.54, 1.807) is 28.4 Å². The molecule has 0 aliphatic carbocycles. The van der Waals surface area contributed by atoms with E-state index in [1.807, 2.05) is 48.5 Å². The SMILES string of the molecule is COc1ccc(N(c2ccc(OC)cc2)c2ccc3c(-c4cc(C)cc(C)c4)c4cc(N(c5ccc(OC)cc5)c5ccc(OC)cc5)ccc4c(-c4cc(C)cc(C)c4)c3c2)cc1. The second-order valence-electron chi connectivity index (χ2n) is 16.4. The van der Waals surface area contributed by atoms with Crippen molar-refractivity contribution in [1.82, 2.24) is 0 Å². The van der Waals surface area contributed by atoms with Gasteiger partial charge in [-0.15, -0.1) is 0 Å². The van der Waals surface area contributed by atoms with Gasteiger partial charge in [0.15, 0.2) is 0 Å². The van der Waals surface area contributed by atoms with Crippen molar-refractivity contribution < 1.29 is 18.9 Å². The van der Waals surface area contributed by atoms with Crippen LogP contribution in [0.25, 0.3) is 43.8 Å². The Balaban J connectivity index is 1.38. The molecule has 9 aromatic carbocycles. The Labute approximate surface area is 376 Å². The molecule has 9 rings (SSSR count). The van der Waals surface area contributed by atoms with Crippen molar-refractivity contribution in [2.24, 2.45) is 0 Å². The van der Waals surface area contributed by atoms with E-state index in [-0.39, 0.29) is 0 Å². The van der Waals surface area contributed by atoms with Gasteiger partial charge in [0.1, 0.15) is 23.0 Å². The summed E-state index contributed by atoms with van der Waals surface area (Å²) >= 11 is 0. The molecule has 64 heavy (non-hydrogen) atoms. The Hall–Kier alpha value is -7.70. The van der Waals surface area contributed by atoms with Crippen LogP contribution in [0.2, 0.25) is 0 Å². The molecule has 0 unspecified atom stereocenters. The van der Waals surface area contributed by atoms with Gasteiger partial charge in [-0.1, -0.05) is 70.8 Å². The molecule has 0 radical (unpaired) electrons. The largest absolute Gasteiger partial charge is 0.497 e. The number of fused-ring (bicyclic) bond motifs is 2. The molecule has 0 bridgehead atoms. The lowest BCUT2D eigenvalue weighted by Crippen LogP contribution is -2.10. The van der Waals surface area contributed by atoms with E-state index in [4.69, 9.17) is 18.9 Å². The van der Waals surface area contributed by atoms with E-state index in [0.29, 0.717) is 0 Å². The van der Waals surface area contributed by atoms with Crippen molar-refractivity contribution in [2.45, 2.75) is 27.7 Å². The molecule has 9 aromatic rings. The highest BCUT2D eigenvalue weighted by Gasteiger charge is 2.23. The van der Waals surface area contributed by atoms with E-state index in [0.717, 1.165) is 78.7 Å². The van der Waals surface area contributed by atoms with Gasteiger partial charge in [-0.3, -0.25) is 0 Å². The minimum atomic E-state index is 0.801. The highest BCUT2D eigenvalue weighted by Crippen LogP contribution is 2.49. The van der Waals surface area contributed by atoms with Crippen molar-refractivity contribution in [1.29, 1.82) is 0 Å². The van der Waals surface area contributed by atoms with Crippen LogP contribution >= 0.6 is 0 Å². The maximum atomic E-state index is 5.59. The Kier molecular flexibility index (Phi) is 11.4. The molecule has 6 nitrogen and oxygen atoms in total. The van der Waals surface area contributed by atoms with Crippen LogP contribution < -0.4 is 28.7 Å². The summed E-state index contributed by atoms with van der Waals surface area (Å²) in [5.74, 6) is 3.21. The Morgan fingerprint density at radius 2 is 0.516 bits per heavy atom. The zero-order chi connectivity index (χ0) is 44.5. The number of nitrogens with zero attached hydrogens (tertiary/aromatic N) is 2. The van der Waals surface area contributed by atoms with Gasteiger partial charge in [-0.25, -0.2) is 0 Å². The lowest BCUT2D eigenvalue weighted by molar-refractivity contribution is 0.414. The summed E-state index contributed by atoms with van der Waals surface area (Å²) in [5.41, 5.74) is 15.7. The minimum Gasteiger partial charge on any atom is -0.497 e. The first-order valence-corrected chi connectivity index (χ1v) is 21.5. The Morgan fingerprint density at radius 3 is 0.766 bits per heavy atom. The molecule has 0 amide bonds. The Bertz CT molecular complexity index is 2770. The highest BCUT2D eigenvalue weighted by atomic mass is 16.5. The number of hydrogen-bond acceptors (Lipinski definition) is 6. The predicted molar refractivity (Wildman–Crippen MR) is 267 cm³/mol. The number of benzene rings is 9. The van der Waals surface area contributed by atoms with Gasteiger partial charge in [0.25, 0.3) is 0 Å². The van der Waals surface area contributed by atoms with Crippen molar-refractivity contribution in [3.63, 3.8) is 0 Å². The standard InChI is InChI=1S/C58H52N2O4/c1-37-29-38(2)32-41(31-37)57-53-27-17-48(60(45-13-23-51(63-7)24-14-45)46-15-25-52(64-8)26-16-46)36-56(53)58(42-33-39(3)30-40(4)34-42)54-28-18-47(35-55(54)57)59(43-9-19-49(61-5)20-10-43)44-11-21-50(62-6)22-12-44/h9-36H,1-8H3. The van der Waals surface area contributed by atoms with E-state index < -0.39 is 0 Å². The van der Waals surface area contributed by atoms with Gasteiger partial charge in [0.05, 0.1) is 28.4 Å². The van der Waals surface area contributed by atoms with Crippen molar-refractivity contribution in [2.75, 3.05) is 38.2 Å². The van der Waals surface area contributed by atoms with Crippen LogP contribution in [0.5, 0.6) is 23.0 Å². The molecule has 0 atom stereocenters. The fraction of sp³-hybridized carbons (Fsp3) is 0.138. The van der Waals surface area contributed by atoms with Crippen LogP contribution in [-0.2, 0) is 0 Å². The fourth-order valence-electron chi connectivity index (χ4n) is 9.16. The summed E-state index contributed by atoms with van der Waals surface area (Å²) in [6.45, 7) is 8.74. The predicted octanol–water partition coefficient (Wildman–Crippen LogP) is 15.5. The number of hydrogen-bond donors (Lipinski definition) is 0. The van der Waals surface area contributed by atoms with E-state index in [9.17, 15) is 0 Å². The molecule has 0 spiro atoms. The minimum absolute atomic E-state index is 0.801. The molecular formula is C58H52N2O4. The molecule has 0 fully saturated rings. The molecule has 0 aliphatic rings. The third-order valence-corrected chi connectivity index (χ3v) is 11.9. The first-order chi connectivity index (χ1) is 31.1. The van der Waals surface area contributed by atoms with Gasteiger partial charge < -0.3 is 28.7 Å². The molecule has 0 aliphatic heterocycles. The summed E-state index contributed by atoms with van der Waals surface area (Å²) in [6.07, 6.45) is 0. The quantitative estimate of drug-likeness (QED) is 0.114. The van der Waals surface area contributed by atoms with Crippen molar-refractivity contribution in [3.8, 4) is 45.3 Å². The van der Waals surface area contributed by atoms with Gasteiger partial charge >= 0.3 is 0 Å². The Morgan fingerprint density at radius 1 is 0.266 bits per heavy atom. The fourth-order valence-corrected chi connectivity index (χ4v) is 9.16. The normalized spacial score (nSPS) is 11.1. The second-order valence-corrected chi connectivity index (χ2v) is 16.4. The topological polar surface area (TPSA) is 43.4 Å². The molecule has 0 aromatic heterocycles. The number of methoxy groups -OCH3 is 4. The number of aryl methyl sites for hydroxylation is 4. The van der Waals surface area contributed by atoms with Gasteiger partial charge in [-0.05, 0) is 193 Å². The van der Waals surface area contributed by atoms with Gasteiger partial charge in [0.2, 0.25) is 0 Å². The van der Waals surface area contributed by atoms with E-state index in [1.165, 1.54) is 44.5 Å². The highest BCUT2D eigenvalue weighted by molar-refractivity contribution is 6.22. The summed E-state index contributed by atoms with van der Waals surface area (Å²) < 4.78 is 22.4. The van der Waals surface area contributed by atoms with Crippen molar-refractivity contribution >= 4 is 55.7 Å². The average Bonchev–Trinajstić information content (AvgIpc) is 3.31. The van der Waals surface area contributed by atoms with Crippen LogP contribution in [0.3, 0.4) is 0 Å². The lowest BCUT2D eigenvalue weighted by Gasteiger charge is -2.28. The molecule has 6 heteroatoms. The average molecular weight is 841 g/mol. The van der Waals surface area contributed by atoms with Crippen LogP contribution in [0, 0.1) is 27.7 Å². The first kappa shape index (κ1) is 41.6. The monoisotopic (exact) mass is 840 g/mol. The zero-order valence-corrected chi connectivity index (χ0v) is 37.7. The van der Waals surface area contributed by atoms with Crippen LogP contribution in [0.1, 0.15) is 22.3 Å².